The Labute approximate surface area is 114 Å². The molecule has 1 heterocycles. The molecule has 0 aromatic heterocycles. The molecule has 2 rings (SSSR count). The van der Waals surface area contributed by atoms with Gasteiger partial charge in [0.1, 0.15) is 5.82 Å². The number of rotatable bonds is 4. The van der Waals surface area contributed by atoms with Gasteiger partial charge >= 0.3 is 0 Å². The number of hydrogen-bond acceptors (Lipinski definition) is 3. The molecule has 0 spiro atoms. The van der Waals surface area contributed by atoms with Gasteiger partial charge in [-0.1, -0.05) is 12.1 Å². The predicted octanol–water partition coefficient (Wildman–Crippen LogP) is 2.33. The van der Waals surface area contributed by atoms with Crippen LogP contribution in [0.15, 0.2) is 24.3 Å². The van der Waals surface area contributed by atoms with Crippen molar-refractivity contribution in [3.05, 3.63) is 35.6 Å². The fraction of sp³-hybridized carbons (Fsp3) is 0.600. The lowest BCUT2D eigenvalue weighted by Crippen LogP contribution is -2.48. The minimum Gasteiger partial charge on any atom is -0.373 e. The maximum absolute atomic E-state index is 12.8. The third kappa shape index (κ3) is 4.27. The van der Waals surface area contributed by atoms with Gasteiger partial charge < -0.3 is 10.5 Å². The molecule has 1 unspecified atom stereocenters. The van der Waals surface area contributed by atoms with Gasteiger partial charge in [-0.05, 0) is 38.0 Å². The summed E-state index contributed by atoms with van der Waals surface area (Å²) in [6.07, 6.45) is 0.877. The molecule has 0 radical (unpaired) electrons. The molecule has 19 heavy (non-hydrogen) atoms. The molecule has 1 aromatic carbocycles. The number of nitrogens with two attached hydrogens (primary N) is 1. The Kier molecular flexibility index (Phi) is 4.55. The quantitative estimate of drug-likeness (QED) is 0.909. The minimum atomic E-state index is -0.217. The van der Waals surface area contributed by atoms with E-state index in [-0.39, 0.29) is 17.5 Å². The molecule has 4 heteroatoms. The van der Waals surface area contributed by atoms with Crippen LogP contribution in [0.1, 0.15) is 31.9 Å². The zero-order valence-corrected chi connectivity index (χ0v) is 11.7. The zero-order valence-electron chi connectivity index (χ0n) is 11.7. The first-order valence-corrected chi connectivity index (χ1v) is 6.84. The average molecular weight is 266 g/mol. The number of benzene rings is 1. The Hall–Kier alpha value is -0.970. The maximum Gasteiger partial charge on any atom is 0.123 e. The van der Waals surface area contributed by atoms with Crippen LogP contribution in [0.3, 0.4) is 0 Å². The molecule has 0 saturated carbocycles. The van der Waals surface area contributed by atoms with E-state index < -0.39 is 0 Å². The molecule has 0 bridgehead atoms. The fourth-order valence-corrected chi connectivity index (χ4v) is 2.50. The summed E-state index contributed by atoms with van der Waals surface area (Å²) in [5.74, 6) is -0.217. The molecule has 1 aliphatic rings. The van der Waals surface area contributed by atoms with Crippen molar-refractivity contribution in [2.75, 3.05) is 26.2 Å². The summed E-state index contributed by atoms with van der Waals surface area (Å²) < 4.78 is 18.5. The lowest BCUT2D eigenvalue weighted by atomic mass is 10.0. The van der Waals surface area contributed by atoms with Crippen molar-refractivity contribution in [1.82, 2.24) is 4.90 Å². The third-order valence-corrected chi connectivity index (χ3v) is 3.56. The van der Waals surface area contributed by atoms with Gasteiger partial charge in [-0.2, -0.15) is 0 Å². The van der Waals surface area contributed by atoms with Crippen LogP contribution in [0, 0.1) is 5.82 Å². The van der Waals surface area contributed by atoms with E-state index in [0.717, 1.165) is 38.2 Å². The number of morpholine rings is 1. The van der Waals surface area contributed by atoms with Crippen LogP contribution in [0.5, 0.6) is 0 Å². The molecule has 0 aliphatic carbocycles. The van der Waals surface area contributed by atoms with E-state index in [1.165, 1.54) is 12.1 Å². The first kappa shape index (κ1) is 14.4. The largest absolute Gasteiger partial charge is 0.373 e. The van der Waals surface area contributed by atoms with Crippen LogP contribution in [-0.4, -0.2) is 36.7 Å². The highest BCUT2D eigenvalue weighted by molar-refractivity contribution is 5.19. The van der Waals surface area contributed by atoms with Crippen LogP contribution in [0.25, 0.3) is 0 Å². The molecule has 1 atom stereocenters. The molecule has 3 nitrogen and oxygen atoms in total. The molecule has 1 fully saturated rings. The molecule has 1 saturated heterocycles. The van der Waals surface area contributed by atoms with Crippen molar-refractivity contribution in [3.63, 3.8) is 0 Å². The summed E-state index contributed by atoms with van der Waals surface area (Å²) in [4.78, 5) is 2.38. The van der Waals surface area contributed by atoms with E-state index >= 15 is 0 Å². The van der Waals surface area contributed by atoms with Gasteiger partial charge in [0.05, 0.1) is 12.2 Å². The van der Waals surface area contributed by atoms with Crippen molar-refractivity contribution >= 4 is 0 Å². The predicted molar refractivity (Wildman–Crippen MR) is 74.4 cm³/mol. The van der Waals surface area contributed by atoms with Crippen molar-refractivity contribution < 1.29 is 9.13 Å². The van der Waals surface area contributed by atoms with Crippen LogP contribution >= 0.6 is 0 Å². The monoisotopic (exact) mass is 266 g/mol. The lowest BCUT2D eigenvalue weighted by molar-refractivity contribution is -0.0863. The van der Waals surface area contributed by atoms with Gasteiger partial charge in [0.15, 0.2) is 0 Å². The summed E-state index contributed by atoms with van der Waals surface area (Å²) in [7, 11) is 0. The van der Waals surface area contributed by atoms with Gasteiger partial charge in [-0.15, -0.1) is 0 Å². The summed E-state index contributed by atoms with van der Waals surface area (Å²) in [6.45, 7) is 7.84. The van der Waals surface area contributed by atoms with Crippen LogP contribution < -0.4 is 5.73 Å². The molecular weight excluding hydrogens is 243 g/mol. The Balaban J connectivity index is 1.83. The second-order valence-electron chi connectivity index (χ2n) is 5.83. The molecule has 2 N–H and O–H groups in total. The lowest BCUT2D eigenvalue weighted by Gasteiger charge is -2.38. The highest BCUT2D eigenvalue weighted by Crippen LogP contribution is 2.19. The highest BCUT2D eigenvalue weighted by atomic mass is 19.1. The zero-order chi connectivity index (χ0) is 13.9. The topological polar surface area (TPSA) is 38.5 Å². The van der Waals surface area contributed by atoms with E-state index in [4.69, 9.17) is 10.5 Å². The number of hydrogen-bond donors (Lipinski definition) is 1. The number of nitrogens with zero attached hydrogens (tertiary/aromatic N) is 1. The van der Waals surface area contributed by atoms with E-state index in [9.17, 15) is 4.39 Å². The fourth-order valence-electron chi connectivity index (χ4n) is 2.50. The van der Waals surface area contributed by atoms with Gasteiger partial charge in [0, 0.05) is 25.7 Å². The second kappa shape index (κ2) is 5.99. The van der Waals surface area contributed by atoms with Crippen molar-refractivity contribution in [1.29, 1.82) is 0 Å². The standard InChI is InChI=1S/C15H23FN2O/c1-15(2)11-18(9-10-19-15)8-7-14(17)12-3-5-13(16)6-4-12/h3-6,14H,7-11,17H2,1-2H3. The van der Waals surface area contributed by atoms with Gasteiger partial charge in [0.2, 0.25) is 0 Å². The van der Waals surface area contributed by atoms with Gasteiger partial charge in [-0.25, -0.2) is 4.39 Å². The Morgan fingerprint density at radius 2 is 2.05 bits per heavy atom. The summed E-state index contributed by atoms with van der Waals surface area (Å²) in [5.41, 5.74) is 7.07. The average Bonchev–Trinajstić information content (AvgIpc) is 2.36. The Morgan fingerprint density at radius 1 is 1.37 bits per heavy atom. The molecule has 1 aromatic rings. The smallest absolute Gasteiger partial charge is 0.123 e. The molecule has 106 valence electrons. The van der Waals surface area contributed by atoms with Crippen molar-refractivity contribution in [3.8, 4) is 0 Å². The highest BCUT2D eigenvalue weighted by Gasteiger charge is 2.27. The van der Waals surface area contributed by atoms with E-state index in [0.29, 0.717) is 0 Å². The second-order valence-corrected chi connectivity index (χ2v) is 5.83. The van der Waals surface area contributed by atoms with Crippen LogP contribution in [0.4, 0.5) is 4.39 Å². The Morgan fingerprint density at radius 3 is 2.68 bits per heavy atom. The normalized spacial score (nSPS) is 21.3. The first-order valence-electron chi connectivity index (χ1n) is 6.84. The third-order valence-electron chi connectivity index (χ3n) is 3.56. The summed E-state index contributed by atoms with van der Waals surface area (Å²) >= 11 is 0. The Bertz CT molecular complexity index is 405. The van der Waals surface area contributed by atoms with E-state index in [1.807, 2.05) is 0 Å². The van der Waals surface area contributed by atoms with Crippen LogP contribution in [-0.2, 0) is 4.74 Å². The summed E-state index contributed by atoms with van der Waals surface area (Å²) in [6, 6.07) is 6.43. The maximum atomic E-state index is 12.8. The van der Waals surface area contributed by atoms with Gasteiger partial charge in [-0.3, -0.25) is 4.90 Å². The van der Waals surface area contributed by atoms with E-state index in [1.54, 1.807) is 12.1 Å². The SMILES string of the molecule is CC1(C)CN(CCC(N)c2ccc(F)cc2)CCO1. The number of halogens is 1. The molecule has 0 amide bonds. The van der Waals surface area contributed by atoms with E-state index in [2.05, 4.69) is 18.7 Å². The number of ether oxygens (including phenoxy) is 1. The first-order chi connectivity index (χ1) is 8.96. The van der Waals surface area contributed by atoms with Gasteiger partial charge in [0.25, 0.3) is 0 Å². The minimum absolute atomic E-state index is 0.0356. The molecular formula is C15H23FN2O. The van der Waals surface area contributed by atoms with Crippen molar-refractivity contribution in [2.24, 2.45) is 5.73 Å². The van der Waals surface area contributed by atoms with Crippen LogP contribution in [0.2, 0.25) is 0 Å². The van der Waals surface area contributed by atoms with Crippen molar-refractivity contribution in [2.45, 2.75) is 31.9 Å². The summed E-state index contributed by atoms with van der Waals surface area (Å²) in [5, 5.41) is 0. The molecule has 1 aliphatic heterocycles.